The summed E-state index contributed by atoms with van der Waals surface area (Å²) >= 11 is 6.17. The Kier molecular flexibility index (Phi) is 11.2. The van der Waals surface area contributed by atoms with Gasteiger partial charge in [-0.2, -0.15) is 0 Å². The number of urea groups is 1. The summed E-state index contributed by atoms with van der Waals surface area (Å²) < 4.78 is 48.9. The predicted molar refractivity (Wildman–Crippen MR) is 189 cm³/mol. The Hall–Kier alpha value is -5.64. The first-order valence-electron chi connectivity index (χ1n) is 16.2. The van der Waals surface area contributed by atoms with Gasteiger partial charge in [-0.3, -0.25) is 24.8 Å². The number of morpholine rings is 1. The van der Waals surface area contributed by atoms with E-state index >= 15 is 4.39 Å². The van der Waals surface area contributed by atoms with Gasteiger partial charge in [0, 0.05) is 67.4 Å². The summed E-state index contributed by atoms with van der Waals surface area (Å²) in [5.41, 5.74) is 0.295. The van der Waals surface area contributed by atoms with E-state index in [0.717, 1.165) is 51.5 Å². The van der Waals surface area contributed by atoms with Crippen LogP contribution in [-0.4, -0.2) is 88.5 Å². The number of nitrogens with one attached hydrogen (secondary N) is 2. The molecule has 2 aliphatic heterocycles. The minimum atomic E-state index is -1.01. The molecule has 0 atom stereocenters. The van der Waals surface area contributed by atoms with Crippen molar-refractivity contribution in [2.24, 2.45) is 0 Å². The highest BCUT2D eigenvalue weighted by Crippen LogP contribution is 2.40. The molecule has 0 unspecified atom stereocenters. The van der Waals surface area contributed by atoms with Crippen LogP contribution in [0.25, 0.3) is 10.9 Å². The number of nitrogens with zero attached hydrogens (tertiary/aromatic N) is 3. The van der Waals surface area contributed by atoms with E-state index in [-0.39, 0.29) is 33.6 Å². The predicted octanol–water partition coefficient (Wildman–Crippen LogP) is 5.53. The highest BCUT2D eigenvalue weighted by atomic mass is 35.5. The van der Waals surface area contributed by atoms with E-state index < -0.39 is 29.2 Å². The Morgan fingerprint density at radius 1 is 0.923 bits per heavy atom. The lowest BCUT2D eigenvalue weighted by molar-refractivity contribution is -0.122. The number of anilines is 2. The molecule has 16 heteroatoms. The van der Waals surface area contributed by atoms with Crippen LogP contribution in [0.3, 0.4) is 0 Å². The molecule has 2 aliphatic rings. The van der Waals surface area contributed by atoms with Crippen molar-refractivity contribution < 1.29 is 47.2 Å². The molecule has 6 rings (SSSR count). The molecule has 2 saturated heterocycles. The van der Waals surface area contributed by atoms with Gasteiger partial charge < -0.3 is 33.7 Å². The number of benzene rings is 3. The monoisotopic (exact) mass is 735 g/mol. The Morgan fingerprint density at radius 3 is 2.42 bits per heavy atom. The van der Waals surface area contributed by atoms with Gasteiger partial charge in [-0.05, 0) is 30.7 Å². The van der Waals surface area contributed by atoms with E-state index in [2.05, 4.69) is 20.5 Å². The normalized spacial score (nSPS) is 15.8. The Morgan fingerprint density at radius 2 is 1.69 bits per heavy atom. The second-order valence-electron chi connectivity index (χ2n) is 11.5. The third kappa shape index (κ3) is 7.81. The van der Waals surface area contributed by atoms with Crippen LogP contribution in [-0.2, 0) is 14.3 Å². The average Bonchev–Trinajstić information content (AvgIpc) is 3.14. The maximum absolute atomic E-state index is 15.4. The summed E-state index contributed by atoms with van der Waals surface area (Å²) in [5.74, 6) is -1.19. The molecular formula is C36H35ClFN5O9. The molecule has 4 aromatic rings. The average molecular weight is 736 g/mol. The molecule has 2 N–H and O–H groups in total. The van der Waals surface area contributed by atoms with E-state index in [4.69, 9.17) is 40.0 Å². The molecule has 3 aromatic carbocycles. The van der Waals surface area contributed by atoms with Crippen LogP contribution in [0.5, 0.6) is 34.5 Å². The third-order valence-electron chi connectivity index (χ3n) is 8.30. The number of carbonyl (C=O) groups excluding carboxylic acids is 3. The van der Waals surface area contributed by atoms with Crippen molar-refractivity contribution in [1.29, 1.82) is 0 Å². The lowest BCUT2D eigenvalue weighted by Crippen LogP contribution is -2.54. The minimum Gasteiger partial charge on any atom is -0.495 e. The number of halogens is 2. The van der Waals surface area contributed by atoms with Crippen molar-refractivity contribution in [3.8, 4) is 34.5 Å². The van der Waals surface area contributed by atoms with Crippen molar-refractivity contribution in [1.82, 2.24) is 15.2 Å². The molecule has 1 aromatic heterocycles. The van der Waals surface area contributed by atoms with E-state index in [0.29, 0.717) is 39.7 Å². The Balaban J connectivity index is 1.16. The zero-order valence-electron chi connectivity index (χ0n) is 28.5. The number of pyridine rings is 1. The van der Waals surface area contributed by atoms with Gasteiger partial charge in [0.1, 0.15) is 22.8 Å². The quantitative estimate of drug-likeness (QED) is 0.101. The Bertz CT molecular complexity index is 2040. The molecule has 0 radical (unpaired) electrons. The summed E-state index contributed by atoms with van der Waals surface area (Å²) in [5, 5.41) is 5.61. The first-order chi connectivity index (χ1) is 25.2. The summed E-state index contributed by atoms with van der Waals surface area (Å²) in [6.45, 7) is 4.68. The van der Waals surface area contributed by atoms with Gasteiger partial charge in [0.25, 0.3) is 11.8 Å². The van der Waals surface area contributed by atoms with Crippen LogP contribution >= 0.6 is 11.6 Å². The van der Waals surface area contributed by atoms with Gasteiger partial charge in [-0.25, -0.2) is 14.1 Å². The van der Waals surface area contributed by atoms with Crippen molar-refractivity contribution in [2.45, 2.75) is 6.42 Å². The highest BCUT2D eigenvalue weighted by molar-refractivity contribution is 6.38. The van der Waals surface area contributed by atoms with E-state index in [1.165, 1.54) is 45.6 Å². The van der Waals surface area contributed by atoms with Crippen molar-refractivity contribution in [3.05, 3.63) is 77.3 Å². The van der Waals surface area contributed by atoms with Crippen LogP contribution in [0.15, 0.2) is 66.5 Å². The van der Waals surface area contributed by atoms with Crippen LogP contribution in [0.2, 0.25) is 5.02 Å². The van der Waals surface area contributed by atoms with Crippen LogP contribution in [0.1, 0.15) is 6.42 Å². The molecule has 0 spiro atoms. The molecule has 4 amide bonds. The highest BCUT2D eigenvalue weighted by Gasteiger charge is 2.39. The zero-order chi connectivity index (χ0) is 36.8. The molecule has 3 heterocycles. The molecule has 52 heavy (non-hydrogen) atoms. The van der Waals surface area contributed by atoms with Gasteiger partial charge in [0.15, 0.2) is 23.1 Å². The summed E-state index contributed by atoms with van der Waals surface area (Å²) in [6, 6.07) is 10.8. The molecule has 2 fully saturated rings. The summed E-state index contributed by atoms with van der Waals surface area (Å²) in [7, 11) is 4.22. The molecule has 0 bridgehead atoms. The number of methoxy groups -OCH3 is 3. The number of fused-ring (bicyclic) bond motifs is 1. The number of rotatable bonds is 13. The number of amides is 4. The largest absolute Gasteiger partial charge is 0.495 e. The first kappa shape index (κ1) is 36.2. The lowest BCUT2D eigenvalue weighted by Gasteiger charge is -2.28. The van der Waals surface area contributed by atoms with Gasteiger partial charge in [-0.1, -0.05) is 11.6 Å². The maximum atomic E-state index is 15.4. The van der Waals surface area contributed by atoms with E-state index in [9.17, 15) is 14.4 Å². The van der Waals surface area contributed by atoms with Crippen LogP contribution in [0, 0.1) is 5.82 Å². The first-order valence-corrected chi connectivity index (χ1v) is 16.5. The third-order valence-corrected chi connectivity index (χ3v) is 8.59. The number of ether oxygens (including phenoxy) is 6. The minimum absolute atomic E-state index is 0.0123. The van der Waals surface area contributed by atoms with Gasteiger partial charge in [0.2, 0.25) is 0 Å². The fourth-order valence-corrected chi connectivity index (χ4v) is 5.86. The van der Waals surface area contributed by atoms with Crippen molar-refractivity contribution >= 4 is 51.7 Å². The number of aromatic nitrogens is 1. The number of carbonyl (C=O) groups is 3. The molecule has 272 valence electrons. The van der Waals surface area contributed by atoms with E-state index in [1.54, 1.807) is 24.4 Å². The van der Waals surface area contributed by atoms with E-state index in [1.807, 2.05) is 0 Å². The Labute approximate surface area is 302 Å². The standard InChI is InChI=1S/C36H35ClFN5O9/c1-47-30-19-27(31(48-2)17-24(30)37)43-35(45)23(34(44)41-36(43)46)20-40-21-5-6-29(25(38)15-21)52-28-7-8-39-26-18-33(32(49-3)16-22(26)28)51-12-4-9-42-10-13-50-14-11-42/h5-8,15-20,40H,4,9-14H2,1-3H3,(H,41,44,46)/b23-20+. The lowest BCUT2D eigenvalue weighted by atomic mass is 10.1. The topological polar surface area (TPSA) is 150 Å². The van der Waals surface area contributed by atoms with Gasteiger partial charge in [0.05, 0.1) is 57.4 Å². The van der Waals surface area contributed by atoms with Crippen molar-refractivity contribution in [2.75, 3.05) is 71.0 Å². The zero-order valence-corrected chi connectivity index (χ0v) is 29.3. The number of hydrogen-bond acceptors (Lipinski definition) is 12. The van der Waals surface area contributed by atoms with Crippen LogP contribution < -0.4 is 39.2 Å². The fraction of sp³-hybridized carbons (Fsp3) is 0.278. The molecule has 14 nitrogen and oxygen atoms in total. The molecule has 0 aliphatic carbocycles. The number of barbiturate groups is 1. The summed E-state index contributed by atoms with van der Waals surface area (Å²) in [6.07, 6.45) is 3.44. The summed E-state index contributed by atoms with van der Waals surface area (Å²) in [4.78, 5) is 46.4. The number of hydrogen-bond donors (Lipinski definition) is 2. The maximum Gasteiger partial charge on any atom is 0.336 e. The van der Waals surface area contributed by atoms with Gasteiger partial charge in [-0.15, -0.1) is 0 Å². The second kappa shape index (κ2) is 16.1. The van der Waals surface area contributed by atoms with Gasteiger partial charge >= 0.3 is 6.03 Å². The second-order valence-corrected chi connectivity index (χ2v) is 11.9. The smallest absolute Gasteiger partial charge is 0.336 e. The fourth-order valence-electron chi connectivity index (χ4n) is 5.63. The molecular weight excluding hydrogens is 701 g/mol. The number of imide groups is 2. The van der Waals surface area contributed by atoms with Crippen molar-refractivity contribution in [3.63, 3.8) is 0 Å². The SMILES string of the molecule is COc1cc(N2C(=O)NC(=O)/C(=C\Nc3ccc(Oc4ccnc5cc(OCCCN6CCOCC6)c(OC)cc45)c(F)c3)C2=O)c(OC)cc1Cl. The molecule has 0 saturated carbocycles. The van der Waals surface area contributed by atoms with Crippen LogP contribution in [0.4, 0.5) is 20.6 Å².